The fourth-order valence-electron chi connectivity index (χ4n) is 2.43. The molecule has 0 fully saturated rings. The molecule has 1 aromatic heterocycles. The number of nitrogens with zero attached hydrogens (tertiary/aromatic N) is 2. The number of fused-ring (bicyclic) bond motifs is 1. The van der Waals surface area contributed by atoms with Crippen LogP contribution in [0.25, 0.3) is 10.2 Å². The molecule has 0 aliphatic carbocycles. The fraction of sp³-hybridized carbons (Fsp3) is 0.167. The van der Waals surface area contributed by atoms with Gasteiger partial charge in [-0.15, -0.1) is 0 Å². The Morgan fingerprint density at radius 3 is 2.77 bits per heavy atom. The van der Waals surface area contributed by atoms with Crippen LogP contribution in [0.4, 0.5) is 4.39 Å². The van der Waals surface area contributed by atoms with Crippen molar-refractivity contribution in [2.24, 2.45) is 4.99 Å². The third kappa shape index (κ3) is 3.84. The highest BCUT2D eigenvalue weighted by atomic mass is 35.5. The highest BCUT2D eigenvalue weighted by Crippen LogP contribution is 2.25. The van der Waals surface area contributed by atoms with Crippen LogP contribution in [0.5, 0.6) is 0 Å². The Kier molecular flexibility index (Phi) is 5.49. The van der Waals surface area contributed by atoms with Gasteiger partial charge in [-0.2, -0.15) is 4.99 Å². The lowest BCUT2D eigenvalue weighted by atomic mass is 10.2. The molecule has 0 spiro atoms. The number of benzene rings is 2. The van der Waals surface area contributed by atoms with Gasteiger partial charge in [-0.1, -0.05) is 35.1 Å². The maximum absolute atomic E-state index is 13.3. The molecule has 0 aliphatic rings. The summed E-state index contributed by atoms with van der Waals surface area (Å²) in [4.78, 5) is 28.7. The summed E-state index contributed by atoms with van der Waals surface area (Å²) in [5.41, 5.74) is 0.717. The van der Waals surface area contributed by atoms with Crippen molar-refractivity contribution < 1.29 is 18.7 Å². The molecular formula is C18H14ClFN2O3S. The standard InChI is InChI=1S/C18H14ClFN2O3S/c1-2-25-15(23)10-22-16-13(19)7-4-8-14(16)26-18(22)21-17(24)11-5-3-6-12(20)9-11/h3-9H,2,10H2,1H3. The predicted octanol–water partition coefficient (Wildman–Crippen LogP) is 3.80. The number of halogens is 2. The van der Waals surface area contributed by atoms with Gasteiger partial charge in [0, 0.05) is 5.56 Å². The van der Waals surface area contributed by atoms with Crippen LogP contribution in [0, 0.1) is 5.82 Å². The van der Waals surface area contributed by atoms with Gasteiger partial charge in [-0.3, -0.25) is 9.59 Å². The minimum atomic E-state index is -0.607. The molecular weight excluding hydrogens is 379 g/mol. The molecule has 0 unspecified atom stereocenters. The predicted molar refractivity (Wildman–Crippen MR) is 97.8 cm³/mol. The number of hydrogen-bond donors (Lipinski definition) is 0. The number of thiazole rings is 1. The average Bonchev–Trinajstić information content (AvgIpc) is 2.93. The number of amides is 1. The molecule has 0 saturated carbocycles. The smallest absolute Gasteiger partial charge is 0.326 e. The largest absolute Gasteiger partial charge is 0.465 e. The van der Waals surface area contributed by atoms with Crippen molar-refractivity contribution in [3.8, 4) is 0 Å². The van der Waals surface area contributed by atoms with Gasteiger partial charge in [0.2, 0.25) is 0 Å². The van der Waals surface area contributed by atoms with Crippen LogP contribution in [-0.2, 0) is 16.1 Å². The first-order valence-electron chi connectivity index (χ1n) is 7.77. The van der Waals surface area contributed by atoms with E-state index in [4.69, 9.17) is 16.3 Å². The van der Waals surface area contributed by atoms with Crippen molar-refractivity contribution in [3.05, 3.63) is 63.7 Å². The van der Waals surface area contributed by atoms with E-state index >= 15 is 0 Å². The number of aromatic nitrogens is 1. The summed E-state index contributed by atoms with van der Waals surface area (Å²) in [6.07, 6.45) is 0. The van der Waals surface area contributed by atoms with Crippen molar-refractivity contribution >= 4 is 45.0 Å². The topological polar surface area (TPSA) is 60.7 Å². The first-order chi connectivity index (χ1) is 12.5. The van der Waals surface area contributed by atoms with Gasteiger partial charge in [0.1, 0.15) is 12.4 Å². The average molecular weight is 393 g/mol. The minimum absolute atomic E-state index is 0.122. The Labute approximate surface area is 157 Å². The van der Waals surface area contributed by atoms with Gasteiger partial charge >= 0.3 is 5.97 Å². The Bertz CT molecular complexity index is 1060. The number of ether oxygens (including phenoxy) is 1. The number of esters is 1. The highest BCUT2D eigenvalue weighted by molar-refractivity contribution is 7.16. The van der Waals surface area contributed by atoms with Gasteiger partial charge in [-0.05, 0) is 37.3 Å². The molecule has 3 aromatic rings. The lowest BCUT2D eigenvalue weighted by molar-refractivity contribution is -0.143. The zero-order valence-electron chi connectivity index (χ0n) is 13.7. The molecule has 0 atom stereocenters. The van der Waals surface area contributed by atoms with E-state index in [0.29, 0.717) is 10.5 Å². The second-order valence-electron chi connectivity index (χ2n) is 5.29. The van der Waals surface area contributed by atoms with Gasteiger partial charge in [-0.25, -0.2) is 4.39 Å². The van der Waals surface area contributed by atoms with Crippen molar-refractivity contribution in [2.45, 2.75) is 13.5 Å². The van der Waals surface area contributed by atoms with E-state index in [1.54, 1.807) is 19.1 Å². The summed E-state index contributed by atoms with van der Waals surface area (Å²) in [5, 5.41) is 0.433. The van der Waals surface area contributed by atoms with Crippen LogP contribution < -0.4 is 4.80 Å². The maximum atomic E-state index is 13.3. The van der Waals surface area contributed by atoms with Crippen molar-refractivity contribution in [3.63, 3.8) is 0 Å². The summed E-state index contributed by atoms with van der Waals surface area (Å²) in [6, 6.07) is 10.6. The van der Waals surface area contributed by atoms with E-state index in [2.05, 4.69) is 4.99 Å². The van der Waals surface area contributed by atoms with Gasteiger partial charge in [0.15, 0.2) is 4.80 Å². The third-order valence-electron chi connectivity index (χ3n) is 3.51. The lowest BCUT2D eigenvalue weighted by Crippen LogP contribution is -2.23. The van der Waals surface area contributed by atoms with Crippen LogP contribution in [0.15, 0.2) is 47.5 Å². The van der Waals surface area contributed by atoms with Crippen LogP contribution in [0.3, 0.4) is 0 Å². The zero-order valence-corrected chi connectivity index (χ0v) is 15.3. The fourth-order valence-corrected chi connectivity index (χ4v) is 3.81. The molecule has 8 heteroatoms. The molecule has 0 bridgehead atoms. The normalized spacial score (nSPS) is 11.7. The summed E-state index contributed by atoms with van der Waals surface area (Å²) in [7, 11) is 0. The highest BCUT2D eigenvalue weighted by Gasteiger charge is 2.15. The molecule has 26 heavy (non-hydrogen) atoms. The Balaban J connectivity index is 2.13. The molecule has 134 valence electrons. The van der Waals surface area contributed by atoms with E-state index in [9.17, 15) is 14.0 Å². The molecule has 2 aromatic carbocycles. The number of rotatable bonds is 4. The Morgan fingerprint density at radius 2 is 2.04 bits per heavy atom. The van der Waals surface area contributed by atoms with Crippen molar-refractivity contribution in [1.29, 1.82) is 0 Å². The van der Waals surface area contributed by atoms with E-state index in [1.807, 2.05) is 6.07 Å². The summed E-state index contributed by atoms with van der Waals surface area (Å²) >= 11 is 7.48. The van der Waals surface area contributed by atoms with Gasteiger partial charge in [0.25, 0.3) is 5.91 Å². The van der Waals surface area contributed by atoms with Crippen LogP contribution >= 0.6 is 22.9 Å². The lowest BCUT2D eigenvalue weighted by Gasteiger charge is -2.06. The number of carbonyl (C=O) groups excluding carboxylic acids is 2. The number of para-hydroxylation sites is 1. The molecule has 0 radical (unpaired) electrons. The first kappa shape index (κ1) is 18.3. The number of carbonyl (C=O) groups is 2. The maximum Gasteiger partial charge on any atom is 0.326 e. The van der Waals surface area contributed by atoms with Crippen LogP contribution in [-0.4, -0.2) is 23.1 Å². The van der Waals surface area contributed by atoms with E-state index in [0.717, 1.165) is 10.8 Å². The van der Waals surface area contributed by atoms with Crippen LogP contribution in [0.2, 0.25) is 5.02 Å². The summed E-state index contributed by atoms with van der Waals surface area (Å²) in [6.45, 7) is 1.82. The third-order valence-corrected chi connectivity index (χ3v) is 4.86. The zero-order chi connectivity index (χ0) is 18.7. The summed E-state index contributed by atoms with van der Waals surface area (Å²) in [5.74, 6) is -1.60. The molecule has 1 amide bonds. The van der Waals surface area contributed by atoms with Gasteiger partial charge in [0.05, 0.1) is 21.8 Å². The number of hydrogen-bond acceptors (Lipinski definition) is 4. The van der Waals surface area contributed by atoms with Crippen molar-refractivity contribution in [1.82, 2.24) is 4.57 Å². The Hall–Kier alpha value is -2.51. The molecule has 0 aliphatic heterocycles. The quantitative estimate of drug-likeness (QED) is 0.634. The van der Waals surface area contributed by atoms with E-state index in [-0.39, 0.29) is 23.5 Å². The first-order valence-corrected chi connectivity index (χ1v) is 8.97. The molecule has 5 nitrogen and oxygen atoms in total. The SMILES string of the molecule is CCOC(=O)Cn1c(=NC(=O)c2cccc(F)c2)sc2cccc(Cl)c21. The van der Waals surface area contributed by atoms with E-state index < -0.39 is 17.7 Å². The van der Waals surface area contributed by atoms with Crippen LogP contribution in [0.1, 0.15) is 17.3 Å². The molecule has 3 rings (SSSR count). The second kappa shape index (κ2) is 7.80. The molecule has 0 saturated heterocycles. The van der Waals surface area contributed by atoms with Gasteiger partial charge < -0.3 is 9.30 Å². The van der Waals surface area contributed by atoms with E-state index in [1.165, 1.54) is 34.1 Å². The molecule has 0 N–H and O–H groups in total. The summed E-state index contributed by atoms with van der Waals surface area (Å²) < 4.78 is 20.6. The Morgan fingerprint density at radius 1 is 1.27 bits per heavy atom. The molecule has 1 heterocycles. The second-order valence-corrected chi connectivity index (χ2v) is 6.71. The monoisotopic (exact) mass is 392 g/mol. The van der Waals surface area contributed by atoms with Crippen molar-refractivity contribution in [2.75, 3.05) is 6.61 Å². The minimum Gasteiger partial charge on any atom is -0.465 e.